The molecule has 0 aliphatic heterocycles. The van der Waals surface area contributed by atoms with Crippen LogP contribution in [0, 0.1) is 0 Å². The van der Waals surface area contributed by atoms with Crippen LogP contribution < -0.4 is 5.32 Å². The molecule has 0 radical (unpaired) electrons. The summed E-state index contributed by atoms with van der Waals surface area (Å²) in [6, 6.07) is 7.98. The lowest BCUT2D eigenvalue weighted by atomic mass is 10.1. The predicted octanol–water partition coefficient (Wildman–Crippen LogP) is 4.77. The molecule has 4 heteroatoms. The van der Waals surface area contributed by atoms with Crippen molar-refractivity contribution in [3.63, 3.8) is 0 Å². The summed E-state index contributed by atoms with van der Waals surface area (Å²) in [7, 11) is 0. The molecule has 3 nitrogen and oxygen atoms in total. The molecule has 1 aromatic carbocycles. The summed E-state index contributed by atoms with van der Waals surface area (Å²) in [4.78, 5) is 11.7. The Morgan fingerprint density at radius 1 is 1.30 bits per heavy atom. The van der Waals surface area contributed by atoms with Crippen LogP contribution in [-0.4, -0.2) is 17.7 Å². The lowest BCUT2D eigenvalue weighted by molar-refractivity contribution is 0.0518. The molecule has 0 aromatic heterocycles. The Morgan fingerprint density at radius 2 is 1.85 bits per heavy atom. The largest absolute Gasteiger partial charge is 0.444 e. The van der Waals surface area contributed by atoms with Gasteiger partial charge in [-0.1, -0.05) is 34.1 Å². The number of benzene rings is 1. The third-order valence-electron chi connectivity index (χ3n) is 2.54. The summed E-state index contributed by atoms with van der Waals surface area (Å²) >= 11 is 3.41. The molecule has 0 spiro atoms. The maximum atomic E-state index is 11.7. The SMILES string of the molecule is CC(=C[C@H](C)NC(=O)OC(C)(C)C)c1ccc(Br)cc1. The first-order chi connectivity index (χ1) is 9.17. The Balaban J connectivity index is 2.64. The van der Waals surface area contributed by atoms with Gasteiger partial charge in [-0.2, -0.15) is 0 Å². The summed E-state index contributed by atoms with van der Waals surface area (Å²) < 4.78 is 6.28. The van der Waals surface area contributed by atoms with E-state index in [9.17, 15) is 4.79 Å². The number of nitrogens with one attached hydrogen (secondary N) is 1. The number of hydrogen-bond donors (Lipinski definition) is 1. The van der Waals surface area contributed by atoms with Crippen molar-refractivity contribution in [3.8, 4) is 0 Å². The minimum absolute atomic E-state index is 0.0894. The molecule has 0 heterocycles. The fourth-order valence-corrected chi connectivity index (χ4v) is 1.98. The zero-order valence-electron chi connectivity index (χ0n) is 12.7. The summed E-state index contributed by atoms with van der Waals surface area (Å²) in [6.07, 6.45) is 1.61. The number of allylic oxidation sites excluding steroid dienone is 1. The lowest BCUT2D eigenvalue weighted by Gasteiger charge is -2.21. The number of halogens is 1. The molecule has 0 saturated carbocycles. The minimum atomic E-state index is -0.478. The molecule has 0 saturated heterocycles. The van der Waals surface area contributed by atoms with Crippen molar-refractivity contribution in [2.75, 3.05) is 0 Å². The van der Waals surface area contributed by atoms with E-state index in [0.717, 1.165) is 15.6 Å². The monoisotopic (exact) mass is 339 g/mol. The van der Waals surface area contributed by atoms with Gasteiger partial charge in [-0.25, -0.2) is 4.79 Å². The van der Waals surface area contributed by atoms with Crippen molar-refractivity contribution in [1.82, 2.24) is 5.32 Å². The topological polar surface area (TPSA) is 38.3 Å². The second-order valence-electron chi connectivity index (χ2n) is 5.79. The Morgan fingerprint density at radius 3 is 2.35 bits per heavy atom. The molecule has 0 unspecified atom stereocenters. The normalized spacial score (nSPS) is 13.8. The van der Waals surface area contributed by atoms with Gasteiger partial charge in [0.15, 0.2) is 0 Å². The maximum Gasteiger partial charge on any atom is 0.408 e. The van der Waals surface area contributed by atoms with Gasteiger partial charge in [0.1, 0.15) is 5.60 Å². The van der Waals surface area contributed by atoms with Crippen LogP contribution in [0.5, 0.6) is 0 Å². The van der Waals surface area contributed by atoms with Gasteiger partial charge in [-0.05, 0) is 57.9 Å². The Labute approximate surface area is 129 Å². The smallest absolute Gasteiger partial charge is 0.408 e. The van der Waals surface area contributed by atoms with Gasteiger partial charge in [0, 0.05) is 10.5 Å². The molecular formula is C16H22BrNO2. The maximum absolute atomic E-state index is 11.7. The molecule has 0 aliphatic carbocycles. The molecule has 0 fully saturated rings. The van der Waals surface area contributed by atoms with Gasteiger partial charge in [0.05, 0.1) is 0 Å². The van der Waals surface area contributed by atoms with E-state index in [1.165, 1.54) is 0 Å². The molecular weight excluding hydrogens is 318 g/mol. The van der Waals surface area contributed by atoms with Crippen molar-refractivity contribution in [2.45, 2.75) is 46.3 Å². The number of hydrogen-bond acceptors (Lipinski definition) is 2. The molecule has 0 bridgehead atoms. The zero-order chi connectivity index (χ0) is 15.3. The minimum Gasteiger partial charge on any atom is -0.444 e. The van der Waals surface area contributed by atoms with Crippen LogP contribution in [0.1, 0.15) is 40.2 Å². The highest BCUT2D eigenvalue weighted by Gasteiger charge is 2.16. The van der Waals surface area contributed by atoms with E-state index in [1.807, 2.05) is 65.0 Å². The van der Waals surface area contributed by atoms with Gasteiger partial charge >= 0.3 is 6.09 Å². The third kappa shape index (κ3) is 6.24. The first-order valence-corrected chi connectivity index (χ1v) is 7.40. The van der Waals surface area contributed by atoms with Crippen molar-refractivity contribution in [1.29, 1.82) is 0 Å². The molecule has 20 heavy (non-hydrogen) atoms. The van der Waals surface area contributed by atoms with Crippen LogP contribution in [-0.2, 0) is 4.74 Å². The van der Waals surface area contributed by atoms with E-state index in [4.69, 9.17) is 4.74 Å². The van der Waals surface area contributed by atoms with Gasteiger partial charge in [0.25, 0.3) is 0 Å². The second kappa shape index (κ2) is 6.93. The Hall–Kier alpha value is -1.29. The Bertz CT molecular complexity index is 486. The number of amides is 1. The first-order valence-electron chi connectivity index (χ1n) is 6.61. The van der Waals surface area contributed by atoms with Crippen molar-refractivity contribution in [2.24, 2.45) is 0 Å². The molecule has 1 N–H and O–H groups in total. The number of rotatable bonds is 3. The van der Waals surface area contributed by atoms with Crippen LogP contribution in [0.3, 0.4) is 0 Å². The van der Waals surface area contributed by atoms with Crippen LogP contribution in [0.4, 0.5) is 4.79 Å². The number of ether oxygens (including phenoxy) is 1. The van der Waals surface area contributed by atoms with Gasteiger partial charge in [-0.3, -0.25) is 0 Å². The van der Waals surface area contributed by atoms with E-state index in [2.05, 4.69) is 21.2 Å². The van der Waals surface area contributed by atoms with E-state index in [0.29, 0.717) is 0 Å². The van der Waals surface area contributed by atoms with Gasteiger partial charge in [0.2, 0.25) is 0 Å². The fourth-order valence-electron chi connectivity index (χ4n) is 1.72. The molecule has 1 aromatic rings. The van der Waals surface area contributed by atoms with Crippen molar-refractivity contribution >= 4 is 27.6 Å². The quantitative estimate of drug-likeness (QED) is 0.861. The average Bonchev–Trinajstić information content (AvgIpc) is 2.26. The highest BCUT2D eigenvalue weighted by molar-refractivity contribution is 9.10. The van der Waals surface area contributed by atoms with Crippen LogP contribution in [0.15, 0.2) is 34.8 Å². The van der Waals surface area contributed by atoms with Crippen molar-refractivity contribution in [3.05, 3.63) is 40.4 Å². The van der Waals surface area contributed by atoms with Crippen LogP contribution >= 0.6 is 15.9 Å². The molecule has 1 atom stereocenters. The molecule has 1 rings (SSSR count). The third-order valence-corrected chi connectivity index (χ3v) is 3.07. The summed E-state index contributed by atoms with van der Waals surface area (Å²) in [5.41, 5.74) is 1.76. The van der Waals surface area contributed by atoms with E-state index < -0.39 is 11.7 Å². The number of alkyl carbamates (subject to hydrolysis) is 1. The second-order valence-corrected chi connectivity index (χ2v) is 6.71. The number of carbonyl (C=O) groups is 1. The molecule has 1 amide bonds. The lowest BCUT2D eigenvalue weighted by Crippen LogP contribution is -2.36. The standard InChI is InChI=1S/C16H22BrNO2/c1-11(13-6-8-14(17)9-7-13)10-12(2)18-15(19)20-16(3,4)5/h6-10,12H,1-5H3,(H,18,19)/t12-/m0/s1. The van der Waals surface area contributed by atoms with E-state index in [1.54, 1.807) is 0 Å². The zero-order valence-corrected chi connectivity index (χ0v) is 14.2. The fraction of sp³-hybridized carbons (Fsp3) is 0.438. The average molecular weight is 340 g/mol. The van der Waals surface area contributed by atoms with E-state index >= 15 is 0 Å². The van der Waals surface area contributed by atoms with Gasteiger partial charge < -0.3 is 10.1 Å². The highest BCUT2D eigenvalue weighted by Crippen LogP contribution is 2.18. The molecule has 0 aliphatic rings. The highest BCUT2D eigenvalue weighted by atomic mass is 79.9. The number of carbonyl (C=O) groups excluding carboxylic acids is 1. The first kappa shape index (κ1) is 16.8. The van der Waals surface area contributed by atoms with Crippen LogP contribution in [0.2, 0.25) is 0 Å². The van der Waals surface area contributed by atoms with Crippen molar-refractivity contribution < 1.29 is 9.53 Å². The summed E-state index contributed by atoms with van der Waals surface area (Å²) in [6.45, 7) is 9.49. The van der Waals surface area contributed by atoms with Gasteiger partial charge in [-0.15, -0.1) is 0 Å². The molecule has 110 valence electrons. The van der Waals surface area contributed by atoms with Crippen LogP contribution in [0.25, 0.3) is 5.57 Å². The summed E-state index contributed by atoms with van der Waals surface area (Å²) in [5.74, 6) is 0. The van der Waals surface area contributed by atoms with E-state index in [-0.39, 0.29) is 6.04 Å². The Kier molecular flexibility index (Phi) is 5.81. The predicted molar refractivity (Wildman–Crippen MR) is 86.6 cm³/mol. The summed E-state index contributed by atoms with van der Waals surface area (Å²) in [5, 5.41) is 2.80.